The molecule has 0 aromatic heterocycles. The molecule has 0 aliphatic carbocycles. The van der Waals surface area contributed by atoms with Crippen molar-refractivity contribution >= 4 is 37.5 Å². The molecule has 0 bridgehead atoms. The molecule has 118 valence electrons. The van der Waals surface area contributed by atoms with E-state index in [1.165, 1.54) is 6.92 Å². The van der Waals surface area contributed by atoms with Gasteiger partial charge in [0.1, 0.15) is 0 Å². The van der Waals surface area contributed by atoms with Crippen molar-refractivity contribution in [3.8, 4) is 0 Å². The van der Waals surface area contributed by atoms with E-state index in [-0.39, 0.29) is 18.2 Å². The zero-order valence-electron chi connectivity index (χ0n) is 12.5. The highest BCUT2D eigenvalue weighted by Gasteiger charge is 2.14. The van der Waals surface area contributed by atoms with Crippen LogP contribution in [-0.2, 0) is 14.8 Å². The van der Waals surface area contributed by atoms with Crippen LogP contribution in [0.2, 0.25) is 0 Å². The van der Waals surface area contributed by atoms with Gasteiger partial charge in [-0.3, -0.25) is 4.79 Å². The fourth-order valence-electron chi connectivity index (χ4n) is 1.92. The summed E-state index contributed by atoms with van der Waals surface area (Å²) in [6.07, 6.45) is 0.567. The van der Waals surface area contributed by atoms with Crippen molar-refractivity contribution in [3.05, 3.63) is 28.2 Å². The van der Waals surface area contributed by atoms with Crippen LogP contribution >= 0.6 is 15.9 Å². The third-order valence-corrected chi connectivity index (χ3v) is 5.44. The summed E-state index contributed by atoms with van der Waals surface area (Å²) in [6, 6.07) is 5.60. The molecule has 1 N–H and O–H groups in total. The van der Waals surface area contributed by atoms with E-state index in [1.807, 2.05) is 32.0 Å². The molecule has 0 saturated carbocycles. The number of sulfonamides is 1. The second kappa shape index (κ2) is 7.91. The maximum atomic E-state index is 11.8. The number of anilines is 1. The number of hydrogen-bond donors (Lipinski definition) is 1. The Bertz CT molecular complexity index is 602. The van der Waals surface area contributed by atoms with Crippen LogP contribution in [0.15, 0.2) is 22.7 Å². The van der Waals surface area contributed by atoms with Gasteiger partial charge in [0.15, 0.2) is 0 Å². The van der Waals surface area contributed by atoms with Crippen LogP contribution in [0, 0.1) is 6.92 Å². The number of nitrogens with zero attached hydrogens (tertiary/aromatic N) is 1. The number of rotatable bonds is 7. The van der Waals surface area contributed by atoms with Gasteiger partial charge in [0.25, 0.3) is 0 Å². The molecule has 0 aliphatic rings. The fraction of sp³-hybridized carbons (Fsp3) is 0.500. The van der Waals surface area contributed by atoms with Crippen molar-refractivity contribution in [1.29, 1.82) is 0 Å². The van der Waals surface area contributed by atoms with E-state index in [9.17, 15) is 13.2 Å². The van der Waals surface area contributed by atoms with Crippen LogP contribution in [0.3, 0.4) is 0 Å². The second-order valence-electron chi connectivity index (χ2n) is 4.82. The molecule has 0 atom stereocenters. The van der Waals surface area contributed by atoms with Gasteiger partial charge in [-0.1, -0.05) is 22.9 Å². The highest BCUT2D eigenvalue weighted by atomic mass is 79.9. The fourth-order valence-corrected chi connectivity index (χ4v) is 3.25. The lowest BCUT2D eigenvalue weighted by molar-refractivity contribution is -0.116. The van der Waals surface area contributed by atoms with Crippen LogP contribution in [0.1, 0.15) is 25.8 Å². The van der Waals surface area contributed by atoms with E-state index >= 15 is 0 Å². The van der Waals surface area contributed by atoms with Gasteiger partial charge in [-0.25, -0.2) is 13.1 Å². The van der Waals surface area contributed by atoms with E-state index in [1.54, 1.807) is 4.90 Å². The summed E-state index contributed by atoms with van der Waals surface area (Å²) in [5.41, 5.74) is 1.78. The highest BCUT2D eigenvalue weighted by Crippen LogP contribution is 2.22. The molecule has 0 radical (unpaired) electrons. The largest absolute Gasteiger partial charge is 0.311 e. The minimum Gasteiger partial charge on any atom is -0.311 e. The number of carbonyl (C=O) groups is 1. The predicted molar refractivity (Wildman–Crippen MR) is 89.0 cm³/mol. The quantitative estimate of drug-likeness (QED) is 0.794. The minimum absolute atomic E-state index is 0.102. The first-order chi connectivity index (χ1) is 9.76. The maximum absolute atomic E-state index is 11.8. The topological polar surface area (TPSA) is 66.5 Å². The second-order valence-corrected chi connectivity index (χ2v) is 7.60. The number of halogens is 1. The van der Waals surface area contributed by atoms with Crippen molar-refractivity contribution in [3.63, 3.8) is 0 Å². The Labute approximate surface area is 134 Å². The zero-order chi connectivity index (χ0) is 16.0. The van der Waals surface area contributed by atoms with Gasteiger partial charge in [-0.05, 0) is 37.1 Å². The van der Waals surface area contributed by atoms with Crippen LogP contribution in [0.5, 0.6) is 0 Å². The Balaban J connectivity index is 2.75. The van der Waals surface area contributed by atoms with Crippen molar-refractivity contribution in [2.24, 2.45) is 0 Å². The Morgan fingerprint density at radius 3 is 2.57 bits per heavy atom. The Morgan fingerprint density at radius 1 is 1.38 bits per heavy atom. The van der Waals surface area contributed by atoms with E-state index in [0.717, 1.165) is 15.7 Å². The molecule has 1 aromatic carbocycles. The molecular formula is C14H21BrN2O3S. The van der Waals surface area contributed by atoms with Gasteiger partial charge in [0.2, 0.25) is 15.9 Å². The number of carbonyl (C=O) groups excluding carboxylic acids is 1. The SMILES string of the molecule is CCCS(=O)(=O)NCCN(C(C)=O)c1ccc(Br)c(C)c1. The summed E-state index contributed by atoms with van der Waals surface area (Å²) in [5, 5.41) is 0. The third-order valence-electron chi connectivity index (χ3n) is 2.96. The first kappa shape index (κ1) is 18.1. The van der Waals surface area contributed by atoms with Crippen LogP contribution < -0.4 is 9.62 Å². The molecule has 0 saturated heterocycles. The molecular weight excluding hydrogens is 356 g/mol. The van der Waals surface area contributed by atoms with Gasteiger partial charge < -0.3 is 4.90 Å². The summed E-state index contributed by atoms with van der Waals surface area (Å²) in [7, 11) is -3.25. The lowest BCUT2D eigenvalue weighted by Gasteiger charge is -2.22. The van der Waals surface area contributed by atoms with Gasteiger partial charge in [-0.2, -0.15) is 0 Å². The van der Waals surface area contributed by atoms with E-state index in [4.69, 9.17) is 0 Å². The molecule has 7 heteroatoms. The molecule has 5 nitrogen and oxygen atoms in total. The molecule has 0 aliphatic heterocycles. The Hall–Kier alpha value is -0.920. The smallest absolute Gasteiger partial charge is 0.223 e. The lowest BCUT2D eigenvalue weighted by atomic mass is 10.2. The molecule has 1 aromatic rings. The average Bonchev–Trinajstić information content (AvgIpc) is 2.37. The third kappa shape index (κ3) is 5.76. The number of amides is 1. The highest BCUT2D eigenvalue weighted by molar-refractivity contribution is 9.10. The molecule has 0 fully saturated rings. The van der Waals surface area contributed by atoms with E-state index in [2.05, 4.69) is 20.7 Å². The van der Waals surface area contributed by atoms with Crippen molar-refractivity contribution in [2.45, 2.75) is 27.2 Å². The first-order valence-electron chi connectivity index (χ1n) is 6.78. The normalized spacial score (nSPS) is 11.4. The summed E-state index contributed by atoms with van der Waals surface area (Å²) in [6.45, 7) is 5.73. The molecule has 1 amide bonds. The molecule has 0 heterocycles. The maximum Gasteiger partial charge on any atom is 0.223 e. The van der Waals surface area contributed by atoms with Gasteiger partial charge in [0.05, 0.1) is 5.75 Å². The predicted octanol–water partition coefficient (Wildman–Crippen LogP) is 2.44. The van der Waals surface area contributed by atoms with Crippen LogP contribution in [0.4, 0.5) is 5.69 Å². The summed E-state index contributed by atoms with van der Waals surface area (Å²) < 4.78 is 26.7. The number of aryl methyl sites for hydroxylation is 1. The van der Waals surface area contributed by atoms with E-state index in [0.29, 0.717) is 13.0 Å². The minimum atomic E-state index is -3.25. The number of hydrogen-bond acceptors (Lipinski definition) is 3. The van der Waals surface area contributed by atoms with Gasteiger partial charge in [0, 0.05) is 30.2 Å². The summed E-state index contributed by atoms with van der Waals surface area (Å²) in [4.78, 5) is 13.3. The Morgan fingerprint density at radius 2 is 2.05 bits per heavy atom. The molecule has 21 heavy (non-hydrogen) atoms. The number of benzene rings is 1. The number of nitrogens with one attached hydrogen (secondary N) is 1. The Kier molecular flexibility index (Phi) is 6.83. The molecule has 0 spiro atoms. The summed E-state index contributed by atoms with van der Waals surface area (Å²) in [5.74, 6) is -0.0174. The lowest BCUT2D eigenvalue weighted by Crippen LogP contribution is -2.38. The monoisotopic (exact) mass is 376 g/mol. The van der Waals surface area contributed by atoms with Crippen molar-refractivity contribution in [2.75, 3.05) is 23.7 Å². The molecule has 0 unspecified atom stereocenters. The van der Waals surface area contributed by atoms with Crippen LogP contribution in [-0.4, -0.2) is 33.2 Å². The molecule has 1 rings (SSSR count). The van der Waals surface area contributed by atoms with Gasteiger partial charge >= 0.3 is 0 Å². The van der Waals surface area contributed by atoms with Crippen molar-refractivity contribution < 1.29 is 13.2 Å². The average molecular weight is 377 g/mol. The standard InChI is InChI=1S/C14H21BrN2O3S/c1-4-9-21(19,20)16-7-8-17(12(3)18)13-5-6-14(15)11(2)10-13/h5-6,10,16H,4,7-9H2,1-3H3. The van der Waals surface area contributed by atoms with Crippen molar-refractivity contribution in [1.82, 2.24) is 4.72 Å². The zero-order valence-corrected chi connectivity index (χ0v) is 14.9. The van der Waals surface area contributed by atoms with Gasteiger partial charge in [-0.15, -0.1) is 0 Å². The first-order valence-corrected chi connectivity index (χ1v) is 9.23. The summed E-state index contributed by atoms with van der Waals surface area (Å²) >= 11 is 3.42. The van der Waals surface area contributed by atoms with Crippen LogP contribution in [0.25, 0.3) is 0 Å². The van der Waals surface area contributed by atoms with E-state index < -0.39 is 10.0 Å².